The van der Waals surface area contributed by atoms with Gasteiger partial charge in [0.1, 0.15) is 5.75 Å². The van der Waals surface area contributed by atoms with E-state index in [2.05, 4.69) is 5.32 Å². The van der Waals surface area contributed by atoms with E-state index in [1.165, 1.54) is 11.3 Å². The molecule has 21 heavy (non-hydrogen) atoms. The molecule has 0 bridgehead atoms. The Morgan fingerprint density at radius 1 is 1.43 bits per heavy atom. The topological polar surface area (TPSA) is 58.6 Å². The lowest BCUT2D eigenvalue weighted by Crippen LogP contribution is -2.38. The van der Waals surface area contributed by atoms with Crippen molar-refractivity contribution in [1.29, 1.82) is 0 Å². The summed E-state index contributed by atoms with van der Waals surface area (Å²) in [6.07, 6.45) is 0. The van der Waals surface area contributed by atoms with Crippen molar-refractivity contribution in [3.63, 3.8) is 0 Å². The van der Waals surface area contributed by atoms with Gasteiger partial charge in [-0.05, 0) is 48.9 Å². The third kappa shape index (κ3) is 3.19. The summed E-state index contributed by atoms with van der Waals surface area (Å²) in [6, 6.07) is 5.76. The Morgan fingerprint density at radius 3 is 2.76 bits per heavy atom. The molecule has 0 radical (unpaired) electrons. The van der Waals surface area contributed by atoms with Gasteiger partial charge in [0.25, 0.3) is 5.91 Å². The van der Waals surface area contributed by atoms with Crippen LogP contribution < -0.4 is 10.1 Å². The highest BCUT2D eigenvalue weighted by Gasteiger charge is 2.19. The monoisotopic (exact) mass is 307 g/mol. The molecule has 0 fully saturated rings. The van der Waals surface area contributed by atoms with E-state index in [9.17, 15) is 4.79 Å². The average Bonchev–Trinajstić information content (AvgIpc) is 2.82. The van der Waals surface area contributed by atoms with Crippen molar-refractivity contribution < 1.29 is 14.6 Å². The highest BCUT2D eigenvalue weighted by Crippen LogP contribution is 2.33. The molecule has 4 nitrogen and oxygen atoms in total. The zero-order valence-corrected chi connectivity index (χ0v) is 13.6. The second-order valence-electron chi connectivity index (χ2n) is 5.34. The average molecular weight is 307 g/mol. The first-order valence-corrected chi connectivity index (χ1v) is 7.78. The first-order valence-electron chi connectivity index (χ1n) is 6.96. The van der Waals surface area contributed by atoms with Gasteiger partial charge in [-0.15, -0.1) is 11.3 Å². The fourth-order valence-corrected chi connectivity index (χ4v) is 3.21. The summed E-state index contributed by atoms with van der Waals surface area (Å²) in [5, 5.41) is 13.2. The lowest BCUT2D eigenvalue weighted by atomic mass is 10.0. The summed E-state index contributed by atoms with van der Waals surface area (Å²) in [6.45, 7) is 5.83. The number of carbonyl (C=O) groups excluding carboxylic acids is 1. The van der Waals surface area contributed by atoms with E-state index < -0.39 is 0 Å². The van der Waals surface area contributed by atoms with E-state index in [4.69, 9.17) is 9.84 Å². The van der Waals surface area contributed by atoms with Crippen LogP contribution in [0.3, 0.4) is 0 Å². The Hall–Kier alpha value is -1.59. The molecular weight excluding hydrogens is 286 g/mol. The summed E-state index contributed by atoms with van der Waals surface area (Å²) in [4.78, 5) is 13.1. The Morgan fingerprint density at radius 2 is 2.14 bits per heavy atom. The maximum Gasteiger partial charge on any atom is 0.261 e. The number of carbonyl (C=O) groups is 1. The standard InChI is InChI=1S/C16H21NO3S/c1-9(8-18)11(3)17-16(19)15-10(2)13-7-12(20-4)5-6-14(13)21-15/h5-7,9,11,18H,8H2,1-4H3,(H,17,19). The number of benzene rings is 1. The van der Waals surface area contributed by atoms with E-state index in [1.54, 1.807) is 7.11 Å². The molecule has 0 aliphatic carbocycles. The number of hydrogen-bond donors (Lipinski definition) is 2. The van der Waals surface area contributed by atoms with Crippen LogP contribution in [0.1, 0.15) is 29.1 Å². The second kappa shape index (κ2) is 6.45. The number of nitrogens with one attached hydrogen (secondary N) is 1. The molecule has 2 aromatic rings. The molecule has 0 aliphatic rings. The molecule has 114 valence electrons. The molecule has 5 heteroatoms. The zero-order valence-electron chi connectivity index (χ0n) is 12.8. The maximum atomic E-state index is 12.4. The van der Waals surface area contributed by atoms with E-state index >= 15 is 0 Å². The third-order valence-electron chi connectivity index (χ3n) is 3.85. The van der Waals surface area contributed by atoms with Crippen LogP contribution in [-0.4, -0.2) is 30.8 Å². The number of fused-ring (bicyclic) bond motifs is 1. The predicted molar refractivity (Wildman–Crippen MR) is 86.3 cm³/mol. The largest absolute Gasteiger partial charge is 0.497 e. The van der Waals surface area contributed by atoms with Crippen LogP contribution in [-0.2, 0) is 0 Å². The predicted octanol–water partition coefficient (Wildman–Crippen LogP) is 2.97. The van der Waals surface area contributed by atoms with E-state index in [-0.39, 0.29) is 24.5 Å². The number of rotatable bonds is 5. The van der Waals surface area contributed by atoms with Crippen LogP contribution in [0, 0.1) is 12.8 Å². The van der Waals surface area contributed by atoms with Crippen molar-refractivity contribution >= 4 is 27.3 Å². The van der Waals surface area contributed by atoms with Crippen LogP contribution in [0.15, 0.2) is 18.2 Å². The number of thiophene rings is 1. The Kier molecular flexibility index (Phi) is 4.85. The lowest BCUT2D eigenvalue weighted by Gasteiger charge is -2.18. The van der Waals surface area contributed by atoms with Gasteiger partial charge in [0.05, 0.1) is 12.0 Å². The number of methoxy groups -OCH3 is 1. The number of aliphatic hydroxyl groups is 1. The fourth-order valence-electron chi connectivity index (χ4n) is 2.12. The summed E-state index contributed by atoms with van der Waals surface area (Å²) in [5.74, 6) is 0.738. The minimum Gasteiger partial charge on any atom is -0.497 e. The van der Waals surface area contributed by atoms with Crippen molar-refractivity contribution in [3.05, 3.63) is 28.6 Å². The zero-order chi connectivity index (χ0) is 15.6. The van der Waals surface area contributed by atoms with Crippen LogP contribution in [0.4, 0.5) is 0 Å². The van der Waals surface area contributed by atoms with Crippen molar-refractivity contribution in [2.75, 3.05) is 13.7 Å². The van der Waals surface area contributed by atoms with Gasteiger partial charge in [0.2, 0.25) is 0 Å². The highest BCUT2D eigenvalue weighted by molar-refractivity contribution is 7.21. The van der Waals surface area contributed by atoms with Gasteiger partial charge in [-0.3, -0.25) is 4.79 Å². The van der Waals surface area contributed by atoms with Gasteiger partial charge in [-0.2, -0.15) is 0 Å². The molecule has 2 N–H and O–H groups in total. The molecule has 0 spiro atoms. The molecular formula is C16H21NO3S. The molecule has 2 unspecified atom stereocenters. The Labute approximate surface area is 128 Å². The fraction of sp³-hybridized carbons (Fsp3) is 0.438. The second-order valence-corrected chi connectivity index (χ2v) is 6.39. The lowest BCUT2D eigenvalue weighted by molar-refractivity contribution is 0.0920. The summed E-state index contributed by atoms with van der Waals surface area (Å²) >= 11 is 1.48. The number of ether oxygens (including phenoxy) is 1. The minimum absolute atomic E-state index is 0.0312. The number of hydrogen-bond acceptors (Lipinski definition) is 4. The Balaban J connectivity index is 2.29. The maximum absolute atomic E-state index is 12.4. The summed E-state index contributed by atoms with van der Waals surface area (Å²) < 4.78 is 6.30. The number of aryl methyl sites for hydroxylation is 1. The molecule has 1 aromatic heterocycles. The van der Waals surface area contributed by atoms with Crippen molar-refractivity contribution in [3.8, 4) is 5.75 Å². The van der Waals surface area contributed by atoms with Crippen molar-refractivity contribution in [1.82, 2.24) is 5.32 Å². The molecule has 0 saturated carbocycles. The molecule has 2 atom stereocenters. The van der Waals surface area contributed by atoms with Crippen molar-refractivity contribution in [2.45, 2.75) is 26.8 Å². The number of amides is 1. The molecule has 1 heterocycles. The molecule has 0 saturated heterocycles. The summed E-state index contributed by atoms with van der Waals surface area (Å²) in [7, 11) is 1.63. The first-order chi connectivity index (χ1) is 9.97. The summed E-state index contributed by atoms with van der Waals surface area (Å²) in [5.41, 5.74) is 0.968. The van der Waals surface area contributed by atoms with Gasteiger partial charge >= 0.3 is 0 Å². The third-order valence-corrected chi connectivity index (χ3v) is 5.12. The van der Waals surface area contributed by atoms with E-state index in [0.29, 0.717) is 0 Å². The Bertz CT molecular complexity index is 650. The smallest absolute Gasteiger partial charge is 0.261 e. The molecule has 1 amide bonds. The molecule has 1 aromatic carbocycles. The van der Waals surface area contributed by atoms with Crippen LogP contribution in [0.25, 0.3) is 10.1 Å². The van der Waals surface area contributed by atoms with E-state index in [1.807, 2.05) is 39.0 Å². The minimum atomic E-state index is -0.0829. The van der Waals surface area contributed by atoms with Gasteiger partial charge in [0.15, 0.2) is 0 Å². The van der Waals surface area contributed by atoms with Gasteiger partial charge in [-0.25, -0.2) is 0 Å². The van der Waals surface area contributed by atoms with Crippen LogP contribution in [0.2, 0.25) is 0 Å². The van der Waals surface area contributed by atoms with Crippen LogP contribution >= 0.6 is 11.3 Å². The van der Waals surface area contributed by atoms with Gasteiger partial charge < -0.3 is 15.2 Å². The van der Waals surface area contributed by atoms with Gasteiger partial charge in [0, 0.05) is 17.3 Å². The van der Waals surface area contributed by atoms with Gasteiger partial charge in [-0.1, -0.05) is 6.92 Å². The normalized spacial score (nSPS) is 14.0. The van der Waals surface area contributed by atoms with Crippen molar-refractivity contribution in [2.24, 2.45) is 5.92 Å². The van der Waals surface area contributed by atoms with Crippen LogP contribution in [0.5, 0.6) is 5.75 Å². The molecule has 0 aliphatic heterocycles. The quantitative estimate of drug-likeness (QED) is 0.893. The van der Waals surface area contributed by atoms with E-state index in [0.717, 1.165) is 26.3 Å². The first kappa shape index (κ1) is 15.8. The highest BCUT2D eigenvalue weighted by atomic mass is 32.1. The number of aliphatic hydroxyl groups excluding tert-OH is 1. The SMILES string of the molecule is COc1ccc2sc(C(=O)NC(C)C(C)CO)c(C)c2c1. The molecule has 2 rings (SSSR count).